The Labute approximate surface area is 142 Å². The van der Waals surface area contributed by atoms with Crippen LogP contribution in [0.2, 0.25) is 0 Å². The first kappa shape index (κ1) is 16.9. The van der Waals surface area contributed by atoms with E-state index in [0.717, 1.165) is 16.8 Å². The van der Waals surface area contributed by atoms with Gasteiger partial charge in [0.15, 0.2) is 0 Å². The summed E-state index contributed by atoms with van der Waals surface area (Å²) in [7, 11) is 1.91. The summed E-state index contributed by atoms with van der Waals surface area (Å²) in [6, 6.07) is 5.41. The first-order valence-electron chi connectivity index (χ1n) is 8.44. The average Bonchev–Trinajstić information content (AvgIpc) is 2.86. The van der Waals surface area contributed by atoms with Crippen molar-refractivity contribution < 1.29 is 9.50 Å². The van der Waals surface area contributed by atoms with Gasteiger partial charge >= 0.3 is 0 Å². The number of halogens is 1. The van der Waals surface area contributed by atoms with E-state index in [-0.39, 0.29) is 11.9 Å². The van der Waals surface area contributed by atoms with Crippen LogP contribution in [-0.2, 0) is 20.1 Å². The number of aliphatic hydroxyl groups excluding tert-OH is 1. The van der Waals surface area contributed by atoms with E-state index < -0.39 is 0 Å². The quantitative estimate of drug-likeness (QED) is 0.881. The van der Waals surface area contributed by atoms with Crippen LogP contribution in [0.3, 0.4) is 0 Å². The monoisotopic (exact) mass is 332 g/mol. The van der Waals surface area contributed by atoms with Crippen molar-refractivity contribution in [3.8, 4) is 0 Å². The molecule has 3 rings (SSSR count). The molecule has 24 heavy (non-hydrogen) atoms. The second-order valence-corrected chi connectivity index (χ2v) is 6.52. The summed E-state index contributed by atoms with van der Waals surface area (Å²) < 4.78 is 16.2. The highest BCUT2D eigenvalue weighted by Gasteiger charge is 2.19. The maximum atomic E-state index is 14.4. The Kier molecular flexibility index (Phi) is 5.16. The zero-order chi connectivity index (χ0) is 17.1. The van der Waals surface area contributed by atoms with E-state index in [0.29, 0.717) is 44.7 Å². The Morgan fingerprint density at radius 3 is 2.67 bits per heavy atom. The largest absolute Gasteiger partial charge is 0.393 e. The van der Waals surface area contributed by atoms with Gasteiger partial charge in [-0.15, -0.1) is 0 Å². The normalized spacial score (nSPS) is 15.9. The van der Waals surface area contributed by atoms with Crippen LogP contribution in [0.4, 0.5) is 10.1 Å². The van der Waals surface area contributed by atoms with Crippen molar-refractivity contribution in [2.24, 2.45) is 7.05 Å². The SMILES string of the molecule is Cc1nn(C)cc1CNCc1ccc(N2CCC(O)CC2)c(F)c1. The molecule has 0 radical (unpaired) electrons. The second kappa shape index (κ2) is 7.32. The van der Waals surface area contributed by atoms with Gasteiger partial charge in [0, 0.05) is 45.0 Å². The molecule has 1 aliphatic heterocycles. The lowest BCUT2D eigenvalue weighted by Crippen LogP contribution is -2.36. The van der Waals surface area contributed by atoms with E-state index in [1.165, 1.54) is 0 Å². The zero-order valence-electron chi connectivity index (χ0n) is 14.3. The average molecular weight is 332 g/mol. The Balaban J connectivity index is 1.57. The molecule has 1 saturated heterocycles. The molecule has 130 valence electrons. The molecule has 0 saturated carbocycles. The molecule has 0 atom stereocenters. The number of aryl methyl sites for hydroxylation is 2. The van der Waals surface area contributed by atoms with Gasteiger partial charge in [0.25, 0.3) is 0 Å². The third-order valence-corrected chi connectivity index (χ3v) is 4.58. The van der Waals surface area contributed by atoms with E-state index in [4.69, 9.17) is 0 Å². The molecule has 0 amide bonds. The van der Waals surface area contributed by atoms with Gasteiger partial charge in [0.2, 0.25) is 0 Å². The molecule has 1 fully saturated rings. The lowest BCUT2D eigenvalue weighted by atomic mass is 10.1. The number of aromatic nitrogens is 2. The van der Waals surface area contributed by atoms with Crippen LogP contribution in [0.5, 0.6) is 0 Å². The predicted octanol–water partition coefficient (Wildman–Crippen LogP) is 2.12. The molecule has 2 heterocycles. The van der Waals surface area contributed by atoms with Crippen LogP contribution in [0.15, 0.2) is 24.4 Å². The number of hydrogen-bond acceptors (Lipinski definition) is 4. The fourth-order valence-corrected chi connectivity index (χ4v) is 3.19. The number of aliphatic hydroxyl groups is 1. The fraction of sp³-hybridized carbons (Fsp3) is 0.500. The lowest BCUT2D eigenvalue weighted by Gasteiger charge is -2.31. The molecule has 5 nitrogen and oxygen atoms in total. The van der Waals surface area contributed by atoms with Gasteiger partial charge in [0.05, 0.1) is 17.5 Å². The standard InChI is InChI=1S/C18H25FN4O/c1-13-15(12-22(2)21-13)11-20-10-14-3-4-18(17(19)9-14)23-7-5-16(24)6-8-23/h3-4,9,12,16,20,24H,5-8,10-11H2,1-2H3. The molecular weight excluding hydrogens is 307 g/mol. The van der Waals surface area contributed by atoms with Crippen LogP contribution in [0.25, 0.3) is 0 Å². The van der Waals surface area contributed by atoms with Crippen molar-refractivity contribution >= 4 is 5.69 Å². The molecule has 2 aromatic rings. The number of anilines is 1. The molecule has 1 aliphatic rings. The number of hydrogen-bond donors (Lipinski definition) is 2. The van der Waals surface area contributed by atoms with Crippen molar-refractivity contribution in [3.05, 3.63) is 47.0 Å². The summed E-state index contributed by atoms with van der Waals surface area (Å²) in [5.74, 6) is -0.191. The third kappa shape index (κ3) is 3.94. The number of nitrogens with zero attached hydrogens (tertiary/aromatic N) is 3. The van der Waals surface area contributed by atoms with Gasteiger partial charge in [-0.25, -0.2) is 4.39 Å². The maximum absolute atomic E-state index is 14.4. The lowest BCUT2D eigenvalue weighted by molar-refractivity contribution is 0.145. The first-order chi connectivity index (χ1) is 11.5. The molecule has 1 aromatic heterocycles. The Morgan fingerprint density at radius 2 is 2.04 bits per heavy atom. The Morgan fingerprint density at radius 1 is 1.29 bits per heavy atom. The topological polar surface area (TPSA) is 53.3 Å². The summed E-state index contributed by atoms with van der Waals surface area (Å²) in [5.41, 5.74) is 3.73. The summed E-state index contributed by atoms with van der Waals surface area (Å²) in [4.78, 5) is 2.01. The van der Waals surface area contributed by atoms with Crippen molar-refractivity contribution in [1.29, 1.82) is 0 Å². The summed E-state index contributed by atoms with van der Waals surface area (Å²) in [6.45, 7) is 4.73. The molecule has 0 spiro atoms. The number of nitrogens with one attached hydrogen (secondary N) is 1. The van der Waals surface area contributed by atoms with Crippen LogP contribution in [-0.4, -0.2) is 34.1 Å². The smallest absolute Gasteiger partial charge is 0.146 e. The predicted molar refractivity (Wildman–Crippen MR) is 92.3 cm³/mol. The third-order valence-electron chi connectivity index (χ3n) is 4.58. The highest BCUT2D eigenvalue weighted by molar-refractivity contribution is 5.49. The molecule has 0 unspecified atom stereocenters. The summed E-state index contributed by atoms with van der Waals surface area (Å²) in [5, 5.41) is 17.2. The number of piperidine rings is 1. The van der Waals surface area contributed by atoms with Gasteiger partial charge < -0.3 is 15.3 Å². The van der Waals surface area contributed by atoms with Gasteiger partial charge in [-0.05, 0) is 37.5 Å². The Hall–Kier alpha value is -1.92. The summed E-state index contributed by atoms with van der Waals surface area (Å²) in [6.07, 6.45) is 3.15. The number of rotatable bonds is 5. The van der Waals surface area contributed by atoms with Crippen molar-refractivity contribution in [2.75, 3.05) is 18.0 Å². The van der Waals surface area contributed by atoms with Crippen molar-refractivity contribution in [3.63, 3.8) is 0 Å². The molecule has 1 aromatic carbocycles. The van der Waals surface area contributed by atoms with Crippen LogP contribution in [0, 0.1) is 12.7 Å². The second-order valence-electron chi connectivity index (χ2n) is 6.52. The first-order valence-corrected chi connectivity index (χ1v) is 8.44. The molecular formula is C18H25FN4O. The van der Waals surface area contributed by atoms with E-state index in [1.54, 1.807) is 10.7 Å². The van der Waals surface area contributed by atoms with E-state index in [1.807, 2.05) is 37.2 Å². The maximum Gasteiger partial charge on any atom is 0.146 e. The van der Waals surface area contributed by atoms with Crippen molar-refractivity contribution in [2.45, 2.75) is 39.0 Å². The van der Waals surface area contributed by atoms with Crippen LogP contribution in [0.1, 0.15) is 29.7 Å². The highest BCUT2D eigenvalue weighted by atomic mass is 19.1. The molecule has 0 aliphatic carbocycles. The minimum Gasteiger partial charge on any atom is -0.393 e. The van der Waals surface area contributed by atoms with E-state index in [2.05, 4.69) is 10.4 Å². The van der Waals surface area contributed by atoms with Gasteiger partial charge in [-0.1, -0.05) is 6.07 Å². The van der Waals surface area contributed by atoms with E-state index >= 15 is 0 Å². The highest BCUT2D eigenvalue weighted by Crippen LogP contribution is 2.24. The zero-order valence-corrected chi connectivity index (χ0v) is 14.3. The minimum absolute atomic E-state index is 0.191. The van der Waals surface area contributed by atoms with Crippen molar-refractivity contribution in [1.82, 2.24) is 15.1 Å². The summed E-state index contributed by atoms with van der Waals surface area (Å²) >= 11 is 0. The van der Waals surface area contributed by atoms with Crippen LogP contribution >= 0.6 is 0 Å². The minimum atomic E-state index is -0.247. The molecule has 6 heteroatoms. The van der Waals surface area contributed by atoms with Gasteiger partial charge in [0.1, 0.15) is 5.82 Å². The molecule has 0 bridgehead atoms. The fourth-order valence-electron chi connectivity index (χ4n) is 3.19. The Bertz CT molecular complexity index is 692. The number of benzene rings is 1. The van der Waals surface area contributed by atoms with E-state index in [9.17, 15) is 9.50 Å². The molecule has 2 N–H and O–H groups in total. The van der Waals surface area contributed by atoms with Gasteiger partial charge in [-0.2, -0.15) is 5.10 Å². The van der Waals surface area contributed by atoms with Gasteiger partial charge in [-0.3, -0.25) is 4.68 Å². The van der Waals surface area contributed by atoms with Crippen LogP contribution < -0.4 is 10.2 Å².